The van der Waals surface area contributed by atoms with Crippen LogP contribution in [0.4, 0.5) is 0 Å². The van der Waals surface area contributed by atoms with E-state index in [1.807, 2.05) is 20.2 Å². The van der Waals surface area contributed by atoms with Gasteiger partial charge in [0.2, 0.25) is 0 Å². The van der Waals surface area contributed by atoms with E-state index in [0.717, 1.165) is 17.7 Å². The smallest absolute Gasteiger partial charge is 0.191 e. The monoisotopic (exact) mass is 489 g/mol. The highest BCUT2D eigenvalue weighted by Crippen LogP contribution is 2.18. The second kappa shape index (κ2) is 10.8. The molecule has 1 heterocycles. The van der Waals surface area contributed by atoms with E-state index in [1.54, 1.807) is 29.6 Å². The highest BCUT2D eigenvalue weighted by Gasteiger charge is 2.24. The van der Waals surface area contributed by atoms with E-state index in [0.29, 0.717) is 19.0 Å². The zero-order chi connectivity index (χ0) is 18.3. The van der Waals surface area contributed by atoms with E-state index in [1.165, 1.54) is 4.90 Å². The second-order valence-corrected chi connectivity index (χ2v) is 6.95. The first-order chi connectivity index (χ1) is 11.9. The molecule has 0 saturated carbocycles. The van der Waals surface area contributed by atoms with Gasteiger partial charge in [-0.3, -0.25) is 4.68 Å². The van der Waals surface area contributed by atoms with Crippen molar-refractivity contribution in [2.24, 2.45) is 12.0 Å². The molecule has 0 aliphatic carbocycles. The molecule has 0 fully saturated rings. The number of guanidine groups is 1. The number of benzene rings is 1. The van der Waals surface area contributed by atoms with Gasteiger partial charge in [0.1, 0.15) is 5.60 Å². The van der Waals surface area contributed by atoms with Gasteiger partial charge in [0.15, 0.2) is 5.96 Å². The number of aliphatic imine (C=N–C) groups is 1. The summed E-state index contributed by atoms with van der Waals surface area (Å²) in [6, 6.07) is 8.38. The van der Waals surface area contributed by atoms with Crippen LogP contribution >= 0.6 is 35.7 Å². The molecule has 1 unspecified atom stereocenters. The Morgan fingerprint density at radius 1 is 1.31 bits per heavy atom. The van der Waals surface area contributed by atoms with Gasteiger partial charge in [-0.15, -0.1) is 35.7 Å². The quantitative estimate of drug-likeness (QED) is 0.242. The molecule has 0 aliphatic rings. The minimum absolute atomic E-state index is 0. The molecule has 2 rings (SSSR count). The minimum atomic E-state index is -1.02. The Morgan fingerprint density at radius 2 is 2.00 bits per heavy atom. The molecule has 0 spiro atoms. The Morgan fingerprint density at radius 3 is 2.54 bits per heavy atom. The predicted molar refractivity (Wildman–Crippen MR) is 119 cm³/mol. The van der Waals surface area contributed by atoms with E-state index in [4.69, 9.17) is 0 Å². The van der Waals surface area contributed by atoms with Gasteiger partial charge < -0.3 is 15.7 Å². The van der Waals surface area contributed by atoms with Crippen LogP contribution < -0.4 is 10.6 Å². The number of aliphatic hydroxyl groups is 1. The van der Waals surface area contributed by atoms with Crippen molar-refractivity contribution in [1.29, 1.82) is 0 Å². The number of rotatable bonds is 7. The normalized spacial score (nSPS) is 13.7. The van der Waals surface area contributed by atoms with Gasteiger partial charge in [0.05, 0.1) is 19.3 Å². The summed E-state index contributed by atoms with van der Waals surface area (Å²) in [5.74, 6) is 0.681. The van der Waals surface area contributed by atoms with Crippen molar-refractivity contribution >= 4 is 41.7 Å². The molecule has 3 N–H and O–H groups in total. The van der Waals surface area contributed by atoms with Gasteiger partial charge in [0, 0.05) is 30.2 Å². The molecule has 144 valence electrons. The standard InChI is InChI=1S/C18H27N5OS.HI/c1-5-19-17(20-10-14-6-8-16(25-4)9-7-14)21-13-18(2,24)15-11-22-23(3)12-15;/h6-9,11-12,24H,5,10,13H2,1-4H3,(H2,19,20,21);1H. The van der Waals surface area contributed by atoms with Crippen LogP contribution in [0.1, 0.15) is 25.0 Å². The summed E-state index contributed by atoms with van der Waals surface area (Å²) in [7, 11) is 1.83. The van der Waals surface area contributed by atoms with Crippen LogP contribution in [0.2, 0.25) is 0 Å². The van der Waals surface area contributed by atoms with Gasteiger partial charge in [-0.1, -0.05) is 12.1 Å². The average molecular weight is 489 g/mol. The van der Waals surface area contributed by atoms with Crippen molar-refractivity contribution < 1.29 is 5.11 Å². The number of hydrogen-bond acceptors (Lipinski definition) is 4. The maximum absolute atomic E-state index is 10.7. The third-order valence-electron chi connectivity index (χ3n) is 3.85. The molecular formula is C18H28IN5OS. The molecule has 0 radical (unpaired) electrons. The molecule has 0 aliphatic heterocycles. The number of thioether (sulfide) groups is 1. The Hall–Kier alpha value is -1.26. The lowest BCUT2D eigenvalue weighted by Crippen LogP contribution is -2.44. The molecule has 6 nitrogen and oxygen atoms in total. The summed E-state index contributed by atoms with van der Waals surface area (Å²) in [6.07, 6.45) is 5.56. The summed E-state index contributed by atoms with van der Waals surface area (Å²) in [5.41, 5.74) is 0.893. The number of nitrogens with one attached hydrogen (secondary N) is 2. The summed E-state index contributed by atoms with van der Waals surface area (Å²) in [5, 5.41) is 21.2. The molecule has 1 aromatic heterocycles. The topological polar surface area (TPSA) is 74.5 Å². The van der Waals surface area contributed by atoms with Crippen molar-refractivity contribution in [3.05, 3.63) is 47.8 Å². The largest absolute Gasteiger partial charge is 0.383 e. The van der Waals surface area contributed by atoms with E-state index in [-0.39, 0.29) is 24.0 Å². The summed E-state index contributed by atoms with van der Waals surface area (Å²) in [4.78, 5) is 5.84. The van der Waals surface area contributed by atoms with Crippen LogP contribution in [0.5, 0.6) is 0 Å². The Bertz CT molecular complexity index is 700. The van der Waals surface area contributed by atoms with Crippen LogP contribution in [0.3, 0.4) is 0 Å². The minimum Gasteiger partial charge on any atom is -0.383 e. The third kappa shape index (κ3) is 6.81. The van der Waals surface area contributed by atoms with Gasteiger partial charge >= 0.3 is 0 Å². The van der Waals surface area contributed by atoms with E-state index in [9.17, 15) is 5.11 Å². The zero-order valence-electron chi connectivity index (χ0n) is 15.7. The fraction of sp³-hybridized carbons (Fsp3) is 0.444. The summed E-state index contributed by atoms with van der Waals surface area (Å²) in [6.45, 7) is 5.46. The Labute approximate surface area is 176 Å². The molecule has 1 atom stereocenters. The molecule has 8 heteroatoms. The maximum atomic E-state index is 10.7. The van der Waals surface area contributed by atoms with Gasteiger partial charge in [-0.2, -0.15) is 5.10 Å². The molecule has 26 heavy (non-hydrogen) atoms. The highest BCUT2D eigenvalue weighted by atomic mass is 127. The van der Waals surface area contributed by atoms with Crippen LogP contribution in [-0.4, -0.2) is 40.2 Å². The molecule has 0 amide bonds. The SMILES string of the molecule is CCNC(=NCc1ccc(SC)cc1)NCC(C)(O)c1cnn(C)c1.I. The fourth-order valence-corrected chi connectivity index (χ4v) is 2.71. The van der Waals surface area contributed by atoms with Crippen LogP contribution in [-0.2, 0) is 19.2 Å². The van der Waals surface area contributed by atoms with Gasteiger partial charge in [0.25, 0.3) is 0 Å². The number of aryl methyl sites for hydroxylation is 1. The summed E-state index contributed by atoms with van der Waals surface area (Å²) < 4.78 is 1.68. The molecule has 2 aromatic rings. The zero-order valence-corrected chi connectivity index (χ0v) is 18.8. The fourth-order valence-electron chi connectivity index (χ4n) is 2.30. The first-order valence-electron chi connectivity index (χ1n) is 8.31. The van der Waals surface area contributed by atoms with Crippen LogP contribution in [0.15, 0.2) is 46.5 Å². The highest BCUT2D eigenvalue weighted by molar-refractivity contribution is 14.0. The van der Waals surface area contributed by atoms with Gasteiger partial charge in [-0.25, -0.2) is 4.99 Å². The molecule has 1 aromatic carbocycles. The van der Waals surface area contributed by atoms with Crippen molar-refractivity contribution in [2.75, 3.05) is 19.3 Å². The van der Waals surface area contributed by atoms with Crippen LogP contribution in [0.25, 0.3) is 0 Å². The van der Waals surface area contributed by atoms with Gasteiger partial charge in [-0.05, 0) is 37.8 Å². The number of hydrogen-bond donors (Lipinski definition) is 3. The lowest BCUT2D eigenvalue weighted by Gasteiger charge is -2.23. The summed E-state index contributed by atoms with van der Waals surface area (Å²) >= 11 is 1.73. The average Bonchev–Trinajstić information content (AvgIpc) is 3.05. The van der Waals surface area contributed by atoms with Crippen molar-refractivity contribution in [1.82, 2.24) is 20.4 Å². The third-order valence-corrected chi connectivity index (χ3v) is 4.59. The van der Waals surface area contributed by atoms with Crippen molar-refractivity contribution in [3.8, 4) is 0 Å². The first-order valence-corrected chi connectivity index (χ1v) is 9.53. The molecule has 0 saturated heterocycles. The lowest BCUT2D eigenvalue weighted by atomic mass is 10.00. The van der Waals surface area contributed by atoms with E-state index >= 15 is 0 Å². The maximum Gasteiger partial charge on any atom is 0.191 e. The second-order valence-electron chi connectivity index (χ2n) is 6.07. The number of nitrogens with zero attached hydrogens (tertiary/aromatic N) is 3. The Balaban J connectivity index is 0.00000338. The van der Waals surface area contributed by atoms with Crippen molar-refractivity contribution in [3.63, 3.8) is 0 Å². The number of halogens is 1. The molecule has 0 bridgehead atoms. The predicted octanol–water partition coefficient (Wildman–Crippen LogP) is 2.72. The number of aromatic nitrogens is 2. The lowest BCUT2D eigenvalue weighted by molar-refractivity contribution is 0.0616. The van der Waals surface area contributed by atoms with E-state index in [2.05, 4.69) is 51.2 Å². The molecular weight excluding hydrogens is 461 g/mol. The first kappa shape index (κ1) is 22.8. The van der Waals surface area contributed by atoms with Crippen molar-refractivity contribution in [2.45, 2.75) is 30.9 Å². The Kier molecular flexibility index (Phi) is 9.45. The van der Waals surface area contributed by atoms with Crippen LogP contribution in [0, 0.1) is 0 Å². The van der Waals surface area contributed by atoms with E-state index < -0.39 is 5.60 Å².